The zero-order chi connectivity index (χ0) is 13.2. The number of hydrogen-bond acceptors (Lipinski definition) is 4. The third-order valence-electron chi connectivity index (χ3n) is 4.09. The van der Waals surface area contributed by atoms with Crippen molar-refractivity contribution in [3.05, 3.63) is 0 Å². The Balaban J connectivity index is 1.79. The van der Waals surface area contributed by atoms with E-state index in [0.717, 1.165) is 38.8 Å². The second-order valence-electron chi connectivity index (χ2n) is 5.90. The first kappa shape index (κ1) is 13.6. The Morgan fingerprint density at radius 1 is 1.50 bits per heavy atom. The van der Waals surface area contributed by atoms with Crippen molar-refractivity contribution < 1.29 is 14.6 Å². The molecule has 0 aromatic rings. The number of ether oxygens (including phenoxy) is 1. The third-order valence-corrected chi connectivity index (χ3v) is 4.09. The minimum Gasteiger partial charge on any atom is -0.448 e. The smallest absolute Gasteiger partial charge is 0.409 e. The van der Waals surface area contributed by atoms with Crippen LogP contribution in [0.3, 0.4) is 0 Å². The average molecular weight is 256 g/mol. The molecular weight excluding hydrogens is 232 g/mol. The summed E-state index contributed by atoms with van der Waals surface area (Å²) in [7, 11) is 3.39. The van der Waals surface area contributed by atoms with Crippen molar-refractivity contribution in [2.45, 2.75) is 31.7 Å². The molecule has 1 saturated carbocycles. The monoisotopic (exact) mass is 256 g/mol. The molecule has 2 rings (SSSR count). The summed E-state index contributed by atoms with van der Waals surface area (Å²) in [6.07, 6.45) is 4.23. The first-order valence-corrected chi connectivity index (χ1v) is 6.75. The summed E-state index contributed by atoms with van der Waals surface area (Å²) in [5.41, 5.74) is 0.147. The molecule has 1 aliphatic heterocycles. The molecule has 5 nitrogen and oxygen atoms in total. The maximum atomic E-state index is 11.4. The average Bonchev–Trinajstić information content (AvgIpc) is 2.99. The predicted octanol–water partition coefficient (Wildman–Crippen LogP) is 0.921. The van der Waals surface area contributed by atoms with Gasteiger partial charge in [0.1, 0.15) is 6.61 Å². The van der Waals surface area contributed by atoms with Crippen molar-refractivity contribution in [1.29, 1.82) is 0 Å². The number of rotatable bonds is 5. The molecule has 0 bridgehead atoms. The molecule has 1 amide bonds. The van der Waals surface area contributed by atoms with Crippen LogP contribution in [0.1, 0.15) is 25.7 Å². The minimum absolute atomic E-state index is 0.147. The summed E-state index contributed by atoms with van der Waals surface area (Å²) in [6.45, 7) is 2.77. The Labute approximate surface area is 109 Å². The van der Waals surface area contributed by atoms with Crippen LogP contribution in [0.2, 0.25) is 0 Å². The normalized spacial score (nSPS) is 26.1. The SMILES string of the molecule is CN(C)C(=O)OCC1CCCN1CC1(CO)CC1. The van der Waals surface area contributed by atoms with E-state index in [2.05, 4.69) is 4.90 Å². The lowest BCUT2D eigenvalue weighted by atomic mass is 10.1. The summed E-state index contributed by atoms with van der Waals surface area (Å²) >= 11 is 0. The van der Waals surface area contributed by atoms with Gasteiger partial charge in [-0.15, -0.1) is 0 Å². The molecular formula is C13H24N2O3. The van der Waals surface area contributed by atoms with Crippen molar-refractivity contribution in [3.63, 3.8) is 0 Å². The lowest BCUT2D eigenvalue weighted by Gasteiger charge is -2.28. The van der Waals surface area contributed by atoms with Crippen LogP contribution in [0.15, 0.2) is 0 Å². The molecule has 1 saturated heterocycles. The molecule has 2 aliphatic rings. The molecule has 1 heterocycles. The molecule has 18 heavy (non-hydrogen) atoms. The number of hydrogen-bond donors (Lipinski definition) is 1. The van der Waals surface area contributed by atoms with Gasteiger partial charge in [0.25, 0.3) is 0 Å². The van der Waals surface area contributed by atoms with E-state index >= 15 is 0 Å². The van der Waals surface area contributed by atoms with Crippen LogP contribution in [0.25, 0.3) is 0 Å². The number of amides is 1. The van der Waals surface area contributed by atoms with E-state index in [1.165, 1.54) is 4.90 Å². The van der Waals surface area contributed by atoms with E-state index in [1.807, 2.05) is 0 Å². The Morgan fingerprint density at radius 2 is 2.22 bits per heavy atom. The molecule has 1 aliphatic carbocycles. The van der Waals surface area contributed by atoms with Crippen LogP contribution < -0.4 is 0 Å². The number of aliphatic hydroxyl groups is 1. The lowest BCUT2D eigenvalue weighted by molar-refractivity contribution is 0.0736. The van der Waals surface area contributed by atoms with Gasteiger partial charge in [0.15, 0.2) is 0 Å². The lowest BCUT2D eigenvalue weighted by Crippen LogP contribution is -2.39. The highest BCUT2D eigenvalue weighted by Crippen LogP contribution is 2.46. The van der Waals surface area contributed by atoms with Crippen molar-refractivity contribution in [3.8, 4) is 0 Å². The molecule has 5 heteroatoms. The molecule has 104 valence electrons. The van der Waals surface area contributed by atoms with E-state index < -0.39 is 0 Å². The molecule has 0 aromatic heterocycles. The highest BCUT2D eigenvalue weighted by Gasteiger charge is 2.45. The highest BCUT2D eigenvalue weighted by molar-refractivity contribution is 5.66. The van der Waals surface area contributed by atoms with Crippen LogP contribution in [-0.4, -0.2) is 67.4 Å². The molecule has 2 fully saturated rings. The van der Waals surface area contributed by atoms with Crippen molar-refractivity contribution >= 4 is 6.09 Å². The fourth-order valence-electron chi connectivity index (χ4n) is 2.56. The Hall–Kier alpha value is -0.810. The molecule has 0 aromatic carbocycles. The predicted molar refractivity (Wildman–Crippen MR) is 68.4 cm³/mol. The molecule has 1 unspecified atom stereocenters. The van der Waals surface area contributed by atoms with Gasteiger partial charge in [-0.05, 0) is 32.2 Å². The zero-order valence-electron chi connectivity index (χ0n) is 11.4. The fourth-order valence-corrected chi connectivity index (χ4v) is 2.56. The van der Waals surface area contributed by atoms with Crippen LogP contribution >= 0.6 is 0 Å². The molecule has 1 atom stereocenters. The first-order valence-electron chi connectivity index (χ1n) is 6.75. The topological polar surface area (TPSA) is 53.0 Å². The van der Waals surface area contributed by atoms with Gasteiger partial charge in [-0.3, -0.25) is 4.90 Å². The summed E-state index contributed by atoms with van der Waals surface area (Å²) in [5, 5.41) is 9.38. The number of aliphatic hydroxyl groups excluding tert-OH is 1. The molecule has 0 spiro atoms. The van der Waals surface area contributed by atoms with E-state index in [4.69, 9.17) is 4.74 Å². The highest BCUT2D eigenvalue weighted by atomic mass is 16.6. The maximum absolute atomic E-state index is 11.4. The van der Waals surface area contributed by atoms with Gasteiger partial charge < -0.3 is 14.7 Å². The van der Waals surface area contributed by atoms with Gasteiger partial charge in [0, 0.05) is 38.7 Å². The van der Waals surface area contributed by atoms with Gasteiger partial charge in [0.05, 0.1) is 0 Å². The Kier molecular flexibility index (Phi) is 4.12. The standard InChI is InChI=1S/C13H24N2O3/c1-14(2)12(17)18-8-11-4-3-7-15(11)9-13(10-16)5-6-13/h11,16H,3-10H2,1-2H3. The maximum Gasteiger partial charge on any atom is 0.409 e. The molecule has 1 N–H and O–H groups in total. The number of carbonyl (C=O) groups is 1. The van der Waals surface area contributed by atoms with E-state index in [1.54, 1.807) is 14.1 Å². The van der Waals surface area contributed by atoms with E-state index in [-0.39, 0.29) is 18.1 Å². The van der Waals surface area contributed by atoms with Gasteiger partial charge in [-0.1, -0.05) is 0 Å². The van der Waals surface area contributed by atoms with Crippen LogP contribution in [-0.2, 0) is 4.74 Å². The van der Waals surface area contributed by atoms with Crippen LogP contribution in [0.4, 0.5) is 4.79 Å². The largest absolute Gasteiger partial charge is 0.448 e. The van der Waals surface area contributed by atoms with Gasteiger partial charge in [-0.25, -0.2) is 4.79 Å². The summed E-state index contributed by atoms with van der Waals surface area (Å²) in [5.74, 6) is 0. The van der Waals surface area contributed by atoms with Gasteiger partial charge in [0.2, 0.25) is 0 Å². The second kappa shape index (κ2) is 5.45. The fraction of sp³-hybridized carbons (Fsp3) is 0.923. The third kappa shape index (κ3) is 3.14. The van der Waals surface area contributed by atoms with E-state index in [9.17, 15) is 9.90 Å². The van der Waals surface area contributed by atoms with Gasteiger partial charge >= 0.3 is 6.09 Å². The summed E-state index contributed by atoms with van der Waals surface area (Å²) < 4.78 is 5.27. The summed E-state index contributed by atoms with van der Waals surface area (Å²) in [4.78, 5) is 15.2. The van der Waals surface area contributed by atoms with Crippen molar-refractivity contribution in [2.75, 3.05) is 40.4 Å². The second-order valence-corrected chi connectivity index (χ2v) is 5.90. The number of nitrogens with zero attached hydrogens (tertiary/aromatic N) is 2. The number of carbonyl (C=O) groups excluding carboxylic acids is 1. The van der Waals surface area contributed by atoms with Crippen molar-refractivity contribution in [1.82, 2.24) is 9.80 Å². The first-order chi connectivity index (χ1) is 8.56. The summed E-state index contributed by atoms with van der Waals surface area (Å²) in [6, 6.07) is 0.331. The minimum atomic E-state index is -0.273. The van der Waals surface area contributed by atoms with Crippen LogP contribution in [0, 0.1) is 5.41 Å². The molecule has 0 radical (unpaired) electrons. The van der Waals surface area contributed by atoms with E-state index in [0.29, 0.717) is 12.6 Å². The number of likely N-dealkylation sites (tertiary alicyclic amines) is 1. The zero-order valence-corrected chi connectivity index (χ0v) is 11.4. The van der Waals surface area contributed by atoms with Crippen molar-refractivity contribution in [2.24, 2.45) is 5.41 Å². The van der Waals surface area contributed by atoms with Gasteiger partial charge in [-0.2, -0.15) is 0 Å². The Bertz CT molecular complexity index is 303. The quantitative estimate of drug-likeness (QED) is 0.795. The Morgan fingerprint density at radius 3 is 2.78 bits per heavy atom. The van der Waals surface area contributed by atoms with Crippen LogP contribution in [0.5, 0.6) is 0 Å².